The fourth-order valence-corrected chi connectivity index (χ4v) is 1.43. The summed E-state index contributed by atoms with van der Waals surface area (Å²) in [6.45, 7) is 10.6. The molecule has 7 heteroatoms. The molecule has 1 N–H and O–H groups in total. The average molecular weight is 329 g/mol. The quantitative estimate of drug-likeness (QED) is 0.417. The number of amides is 1. The smallest absolute Gasteiger partial charge is 0.407 e. The lowest BCUT2D eigenvalue weighted by Gasteiger charge is -2.22. The van der Waals surface area contributed by atoms with Gasteiger partial charge in [0.05, 0.1) is 18.2 Å². The molecule has 0 saturated carbocycles. The van der Waals surface area contributed by atoms with E-state index in [9.17, 15) is 14.4 Å². The number of ether oxygens (including phenoxy) is 3. The first-order valence-corrected chi connectivity index (χ1v) is 7.64. The summed E-state index contributed by atoms with van der Waals surface area (Å²) in [6.07, 6.45) is 0.942. The number of carbonyl (C=O) groups is 3. The molecule has 0 aromatic rings. The molecule has 0 aliphatic rings. The summed E-state index contributed by atoms with van der Waals surface area (Å²) >= 11 is 0. The summed E-state index contributed by atoms with van der Waals surface area (Å²) in [6, 6.07) is -0.388. The lowest BCUT2D eigenvalue weighted by atomic mass is 10.1. The maximum absolute atomic E-state index is 11.6. The van der Waals surface area contributed by atoms with Crippen molar-refractivity contribution < 1.29 is 28.6 Å². The van der Waals surface area contributed by atoms with Crippen LogP contribution in [0.25, 0.3) is 0 Å². The number of esters is 2. The number of hydrogen-bond donors (Lipinski definition) is 1. The SMILES string of the molecule is CC(C)OC(=O)/C=C/C(=O)OC[C@H](NC(=O)OC(C)C)C(C)C. The van der Waals surface area contributed by atoms with E-state index in [1.165, 1.54) is 0 Å². The third kappa shape index (κ3) is 11.2. The van der Waals surface area contributed by atoms with Crippen molar-refractivity contribution in [1.82, 2.24) is 5.32 Å². The Morgan fingerprint density at radius 2 is 1.39 bits per heavy atom. The maximum atomic E-state index is 11.6. The molecule has 1 atom stereocenters. The Kier molecular flexibility index (Phi) is 9.69. The van der Waals surface area contributed by atoms with Gasteiger partial charge in [-0.3, -0.25) is 0 Å². The first-order chi connectivity index (χ1) is 10.6. The van der Waals surface area contributed by atoms with E-state index in [1.807, 2.05) is 13.8 Å². The Bertz CT molecular complexity index is 428. The minimum Gasteiger partial charge on any atom is -0.460 e. The zero-order chi connectivity index (χ0) is 18.0. The van der Waals surface area contributed by atoms with Gasteiger partial charge in [-0.2, -0.15) is 0 Å². The van der Waals surface area contributed by atoms with Gasteiger partial charge in [-0.1, -0.05) is 13.8 Å². The van der Waals surface area contributed by atoms with Crippen LogP contribution < -0.4 is 5.32 Å². The van der Waals surface area contributed by atoms with Crippen LogP contribution in [0.3, 0.4) is 0 Å². The van der Waals surface area contributed by atoms with Crippen LogP contribution in [0.4, 0.5) is 4.79 Å². The van der Waals surface area contributed by atoms with Crippen LogP contribution in [-0.2, 0) is 23.8 Å². The second kappa shape index (κ2) is 10.6. The van der Waals surface area contributed by atoms with E-state index >= 15 is 0 Å². The van der Waals surface area contributed by atoms with E-state index in [4.69, 9.17) is 14.2 Å². The minimum atomic E-state index is -0.685. The van der Waals surface area contributed by atoms with Crippen molar-refractivity contribution in [3.63, 3.8) is 0 Å². The van der Waals surface area contributed by atoms with Gasteiger partial charge in [-0.25, -0.2) is 14.4 Å². The van der Waals surface area contributed by atoms with Crippen molar-refractivity contribution in [3.05, 3.63) is 12.2 Å². The number of rotatable bonds is 8. The van der Waals surface area contributed by atoms with Gasteiger partial charge in [0.1, 0.15) is 6.61 Å². The molecular weight excluding hydrogens is 302 g/mol. The van der Waals surface area contributed by atoms with Gasteiger partial charge in [-0.15, -0.1) is 0 Å². The standard InChI is InChI=1S/C16H27NO6/c1-10(2)13(17-16(20)23-12(5)6)9-21-14(18)7-8-15(19)22-11(3)4/h7-8,10-13H,9H2,1-6H3,(H,17,20)/b8-7+/t13-/m0/s1. The fourth-order valence-electron chi connectivity index (χ4n) is 1.43. The molecule has 0 rings (SSSR count). The Labute approximate surface area is 137 Å². The molecule has 1 amide bonds. The van der Waals surface area contributed by atoms with Crippen molar-refractivity contribution in [3.8, 4) is 0 Å². The second-order valence-corrected chi connectivity index (χ2v) is 5.90. The average Bonchev–Trinajstić information content (AvgIpc) is 2.39. The van der Waals surface area contributed by atoms with Gasteiger partial charge in [0.15, 0.2) is 0 Å². The van der Waals surface area contributed by atoms with Crippen molar-refractivity contribution in [2.75, 3.05) is 6.61 Å². The molecule has 0 unspecified atom stereocenters. The summed E-state index contributed by atoms with van der Waals surface area (Å²) < 4.78 is 14.9. The Morgan fingerprint density at radius 3 is 1.87 bits per heavy atom. The highest BCUT2D eigenvalue weighted by Crippen LogP contribution is 2.04. The number of carbonyl (C=O) groups excluding carboxylic acids is 3. The van der Waals surface area contributed by atoms with Crippen LogP contribution in [0.1, 0.15) is 41.5 Å². The van der Waals surface area contributed by atoms with Gasteiger partial charge >= 0.3 is 18.0 Å². The summed E-state index contributed by atoms with van der Waals surface area (Å²) in [5.41, 5.74) is 0. The van der Waals surface area contributed by atoms with Crippen LogP contribution in [0.15, 0.2) is 12.2 Å². The first kappa shape index (κ1) is 20.9. The predicted molar refractivity (Wildman–Crippen MR) is 84.7 cm³/mol. The van der Waals surface area contributed by atoms with Crippen LogP contribution >= 0.6 is 0 Å². The maximum Gasteiger partial charge on any atom is 0.407 e. The van der Waals surface area contributed by atoms with E-state index < -0.39 is 18.0 Å². The largest absolute Gasteiger partial charge is 0.460 e. The van der Waals surface area contributed by atoms with Crippen molar-refractivity contribution in [1.29, 1.82) is 0 Å². The van der Waals surface area contributed by atoms with E-state index in [2.05, 4.69) is 5.32 Å². The third-order valence-corrected chi connectivity index (χ3v) is 2.56. The summed E-state index contributed by atoms with van der Waals surface area (Å²) in [5, 5.41) is 2.64. The molecule has 0 bridgehead atoms. The number of hydrogen-bond acceptors (Lipinski definition) is 6. The van der Waals surface area contributed by atoms with Crippen LogP contribution in [0.2, 0.25) is 0 Å². The molecule has 0 aromatic heterocycles. The third-order valence-electron chi connectivity index (χ3n) is 2.56. The van der Waals surface area contributed by atoms with E-state index in [0.29, 0.717) is 0 Å². The lowest BCUT2D eigenvalue weighted by molar-refractivity contribution is -0.143. The van der Waals surface area contributed by atoms with Gasteiger partial charge in [0.25, 0.3) is 0 Å². The first-order valence-electron chi connectivity index (χ1n) is 7.64. The molecule has 0 aromatic carbocycles. The molecule has 0 aliphatic heterocycles. The molecule has 23 heavy (non-hydrogen) atoms. The normalized spacial score (nSPS) is 12.6. The van der Waals surface area contributed by atoms with Gasteiger partial charge in [0.2, 0.25) is 0 Å². The van der Waals surface area contributed by atoms with Crippen LogP contribution in [0, 0.1) is 5.92 Å². The molecule has 0 aliphatic carbocycles. The minimum absolute atomic E-state index is 0.0206. The fraction of sp³-hybridized carbons (Fsp3) is 0.688. The summed E-state index contributed by atoms with van der Waals surface area (Å²) in [4.78, 5) is 34.4. The predicted octanol–water partition coefficient (Wildman–Crippen LogP) is 2.20. The second-order valence-electron chi connectivity index (χ2n) is 5.90. The Hall–Kier alpha value is -2.05. The molecular formula is C16H27NO6. The molecule has 0 saturated heterocycles. The van der Waals surface area contributed by atoms with Crippen molar-refractivity contribution in [2.24, 2.45) is 5.92 Å². The molecule has 0 radical (unpaired) electrons. The van der Waals surface area contributed by atoms with Crippen molar-refractivity contribution in [2.45, 2.75) is 59.8 Å². The van der Waals surface area contributed by atoms with Crippen LogP contribution in [-0.4, -0.2) is 42.9 Å². The Balaban J connectivity index is 4.36. The zero-order valence-corrected chi connectivity index (χ0v) is 14.6. The van der Waals surface area contributed by atoms with Crippen LogP contribution in [0.5, 0.6) is 0 Å². The molecule has 7 nitrogen and oxygen atoms in total. The van der Waals surface area contributed by atoms with Gasteiger partial charge in [0, 0.05) is 12.2 Å². The topological polar surface area (TPSA) is 90.9 Å². The Morgan fingerprint density at radius 1 is 0.870 bits per heavy atom. The van der Waals surface area contributed by atoms with E-state index in [0.717, 1.165) is 12.2 Å². The summed E-state index contributed by atoms with van der Waals surface area (Å²) in [5.74, 6) is -1.26. The zero-order valence-electron chi connectivity index (χ0n) is 14.6. The van der Waals surface area contributed by atoms with Gasteiger partial charge < -0.3 is 19.5 Å². The molecule has 0 fully saturated rings. The van der Waals surface area contributed by atoms with Crippen molar-refractivity contribution >= 4 is 18.0 Å². The van der Waals surface area contributed by atoms with Gasteiger partial charge in [-0.05, 0) is 33.6 Å². The van der Waals surface area contributed by atoms with E-state index in [1.54, 1.807) is 27.7 Å². The number of alkyl carbamates (subject to hydrolysis) is 1. The molecule has 0 spiro atoms. The highest BCUT2D eigenvalue weighted by Gasteiger charge is 2.19. The highest BCUT2D eigenvalue weighted by molar-refractivity contribution is 5.91. The lowest BCUT2D eigenvalue weighted by Crippen LogP contribution is -2.43. The monoisotopic (exact) mass is 329 g/mol. The highest BCUT2D eigenvalue weighted by atomic mass is 16.6. The molecule has 132 valence electrons. The number of nitrogens with one attached hydrogen (secondary N) is 1. The summed E-state index contributed by atoms with van der Waals surface area (Å²) in [7, 11) is 0. The van der Waals surface area contributed by atoms with E-state index in [-0.39, 0.29) is 30.8 Å². The molecule has 0 heterocycles.